The Hall–Kier alpha value is -2.55. The van der Waals surface area contributed by atoms with Crippen LogP contribution in [0.3, 0.4) is 0 Å². The molecule has 0 unspecified atom stereocenters. The second-order valence-corrected chi connectivity index (χ2v) is 5.80. The maximum absolute atomic E-state index is 14.1. The molecular formula is C14H10F2N2O4S. The number of nitrogens with zero attached hydrogens (tertiary/aromatic N) is 2. The number of fused-ring (bicyclic) bond motifs is 3. The molecule has 9 heteroatoms. The molecule has 0 bridgehead atoms. The molecule has 1 aromatic rings. The SMILES string of the molecule is CN1CC2=CSC(=C(C(=O)O)C(=O)O)N2c2ccc(F)c(F)c21. The number of hydrogen-bond donors (Lipinski definition) is 2. The van der Waals surface area contributed by atoms with E-state index < -0.39 is 29.1 Å². The predicted molar refractivity (Wildman–Crippen MR) is 80.1 cm³/mol. The van der Waals surface area contributed by atoms with Gasteiger partial charge in [0.25, 0.3) is 0 Å². The quantitative estimate of drug-likeness (QED) is 0.485. The van der Waals surface area contributed by atoms with Crippen LogP contribution in [0, 0.1) is 11.6 Å². The van der Waals surface area contributed by atoms with E-state index >= 15 is 0 Å². The topological polar surface area (TPSA) is 81.1 Å². The summed E-state index contributed by atoms with van der Waals surface area (Å²) in [7, 11) is 1.57. The number of hydrogen-bond acceptors (Lipinski definition) is 5. The molecule has 0 saturated carbocycles. The van der Waals surface area contributed by atoms with Crippen LogP contribution in [-0.2, 0) is 9.59 Å². The number of carboxylic acids is 2. The lowest BCUT2D eigenvalue weighted by Crippen LogP contribution is -2.36. The summed E-state index contributed by atoms with van der Waals surface area (Å²) in [6.45, 7) is 0.191. The van der Waals surface area contributed by atoms with Crippen molar-refractivity contribution in [3.05, 3.63) is 45.5 Å². The number of thioether (sulfide) groups is 1. The van der Waals surface area contributed by atoms with Crippen LogP contribution in [0.4, 0.5) is 20.2 Å². The highest BCUT2D eigenvalue weighted by Crippen LogP contribution is 2.48. The number of aliphatic carboxylic acids is 2. The van der Waals surface area contributed by atoms with Crippen LogP contribution in [-0.4, -0.2) is 35.7 Å². The van der Waals surface area contributed by atoms with Gasteiger partial charge in [-0.05, 0) is 17.5 Å². The number of halogens is 2. The lowest BCUT2D eigenvalue weighted by atomic mass is 10.1. The Labute approximate surface area is 133 Å². The fourth-order valence-electron chi connectivity index (χ4n) is 2.57. The van der Waals surface area contributed by atoms with Crippen LogP contribution in [0.25, 0.3) is 0 Å². The highest BCUT2D eigenvalue weighted by molar-refractivity contribution is 8.06. The molecule has 23 heavy (non-hydrogen) atoms. The molecule has 0 fully saturated rings. The summed E-state index contributed by atoms with van der Waals surface area (Å²) in [5.41, 5.74) is -0.0753. The van der Waals surface area contributed by atoms with E-state index in [0.717, 1.165) is 17.8 Å². The molecule has 2 aliphatic rings. The largest absolute Gasteiger partial charge is 0.477 e. The van der Waals surface area contributed by atoms with E-state index in [9.17, 15) is 18.4 Å². The molecule has 0 spiro atoms. The lowest BCUT2D eigenvalue weighted by molar-refractivity contribution is -0.140. The maximum Gasteiger partial charge on any atom is 0.345 e. The van der Waals surface area contributed by atoms with Crippen LogP contribution in [0.2, 0.25) is 0 Å². The summed E-state index contributed by atoms with van der Waals surface area (Å²) < 4.78 is 27.6. The van der Waals surface area contributed by atoms with Crippen LogP contribution in [0.15, 0.2) is 33.8 Å². The van der Waals surface area contributed by atoms with E-state index in [2.05, 4.69) is 0 Å². The minimum Gasteiger partial charge on any atom is -0.477 e. The van der Waals surface area contributed by atoms with Crippen molar-refractivity contribution in [1.82, 2.24) is 0 Å². The molecule has 0 radical (unpaired) electrons. The summed E-state index contributed by atoms with van der Waals surface area (Å²) in [5, 5.41) is 19.8. The number of carbonyl (C=O) groups is 2. The fourth-order valence-corrected chi connectivity index (χ4v) is 3.61. The Morgan fingerprint density at radius 3 is 2.48 bits per heavy atom. The Bertz CT molecular complexity index is 790. The van der Waals surface area contributed by atoms with Crippen LogP contribution >= 0.6 is 11.8 Å². The summed E-state index contributed by atoms with van der Waals surface area (Å²) in [6.07, 6.45) is 0. The minimum absolute atomic E-state index is 0.0442. The molecule has 120 valence electrons. The fraction of sp³-hybridized carbons (Fsp3) is 0.143. The van der Waals surface area contributed by atoms with Gasteiger partial charge in [0.2, 0.25) is 0 Å². The number of likely N-dealkylation sites (N-methyl/N-ethyl adjacent to an activating group) is 1. The molecule has 0 saturated heterocycles. The van der Waals surface area contributed by atoms with Gasteiger partial charge in [-0.3, -0.25) is 0 Å². The van der Waals surface area contributed by atoms with Gasteiger partial charge in [0.05, 0.1) is 12.2 Å². The summed E-state index contributed by atoms with van der Waals surface area (Å²) in [5.74, 6) is -5.29. The number of anilines is 2. The average molecular weight is 340 g/mol. The van der Waals surface area contributed by atoms with Crippen molar-refractivity contribution in [2.24, 2.45) is 0 Å². The highest BCUT2D eigenvalue weighted by Gasteiger charge is 2.38. The summed E-state index contributed by atoms with van der Waals surface area (Å²) >= 11 is 0.927. The van der Waals surface area contributed by atoms with E-state index in [1.54, 1.807) is 12.5 Å². The number of rotatable bonds is 2. The molecule has 2 N–H and O–H groups in total. The molecule has 0 amide bonds. The average Bonchev–Trinajstić information content (AvgIpc) is 2.85. The van der Waals surface area contributed by atoms with Gasteiger partial charge in [0.1, 0.15) is 10.7 Å². The molecule has 0 aliphatic carbocycles. The Kier molecular flexibility index (Phi) is 3.52. The molecule has 2 heterocycles. The van der Waals surface area contributed by atoms with Crippen LogP contribution < -0.4 is 9.80 Å². The number of benzene rings is 1. The predicted octanol–water partition coefficient (Wildman–Crippen LogP) is 2.19. The third-order valence-corrected chi connectivity index (χ3v) is 4.51. The first-order valence-electron chi connectivity index (χ1n) is 6.38. The number of carboxylic acid groups (broad SMARTS) is 2. The van der Waals surface area contributed by atoms with E-state index in [1.165, 1.54) is 15.9 Å². The van der Waals surface area contributed by atoms with E-state index in [-0.39, 0.29) is 22.9 Å². The third-order valence-electron chi connectivity index (χ3n) is 3.51. The summed E-state index contributed by atoms with van der Waals surface area (Å²) in [6, 6.07) is 2.22. The van der Waals surface area contributed by atoms with E-state index in [0.29, 0.717) is 5.70 Å². The molecule has 0 aromatic heterocycles. The van der Waals surface area contributed by atoms with Gasteiger partial charge in [0, 0.05) is 12.7 Å². The van der Waals surface area contributed by atoms with Crippen molar-refractivity contribution < 1.29 is 28.6 Å². The van der Waals surface area contributed by atoms with Crippen molar-refractivity contribution in [1.29, 1.82) is 0 Å². The van der Waals surface area contributed by atoms with Crippen molar-refractivity contribution in [3.63, 3.8) is 0 Å². The van der Waals surface area contributed by atoms with E-state index in [4.69, 9.17) is 10.2 Å². The first-order valence-corrected chi connectivity index (χ1v) is 7.26. The monoisotopic (exact) mass is 340 g/mol. The second kappa shape index (κ2) is 5.27. The van der Waals surface area contributed by atoms with Gasteiger partial charge in [-0.15, -0.1) is 0 Å². The first-order chi connectivity index (χ1) is 10.8. The smallest absolute Gasteiger partial charge is 0.345 e. The minimum atomic E-state index is -1.60. The molecular weight excluding hydrogens is 330 g/mol. The molecule has 0 atom stereocenters. The lowest BCUT2D eigenvalue weighted by Gasteiger charge is -2.36. The zero-order chi connectivity index (χ0) is 16.9. The summed E-state index contributed by atoms with van der Waals surface area (Å²) in [4.78, 5) is 25.3. The van der Waals surface area contributed by atoms with Gasteiger partial charge >= 0.3 is 11.9 Å². The van der Waals surface area contributed by atoms with Gasteiger partial charge in [0.15, 0.2) is 17.2 Å². The van der Waals surface area contributed by atoms with Gasteiger partial charge in [-0.1, -0.05) is 11.8 Å². The highest BCUT2D eigenvalue weighted by atomic mass is 32.2. The molecule has 2 aliphatic heterocycles. The molecule has 1 aromatic carbocycles. The Balaban J connectivity index is 2.26. The van der Waals surface area contributed by atoms with Crippen LogP contribution in [0.1, 0.15) is 0 Å². The molecule has 6 nitrogen and oxygen atoms in total. The van der Waals surface area contributed by atoms with Crippen molar-refractivity contribution in [2.45, 2.75) is 0 Å². The van der Waals surface area contributed by atoms with E-state index in [1.807, 2.05) is 0 Å². The zero-order valence-corrected chi connectivity index (χ0v) is 12.5. The van der Waals surface area contributed by atoms with Gasteiger partial charge in [-0.2, -0.15) is 0 Å². The van der Waals surface area contributed by atoms with Crippen molar-refractivity contribution in [2.75, 3.05) is 23.4 Å². The van der Waals surface area contributed by atoms with Crippen molar-refractivity contribution in [3.8, 4) is 0 Å². The van der Waals surface area contributed by atoms with Gasteiger partial charge < -0.3 is 20.0 Å². The third kappa shape index (κ3) is 2.24. The first kappa shape index (κ1) is 15.3. The van der Waals surface area contributed by atoms with Crippen LogP contribution in [0.5, 0.6) is 0 Å². The molecule has 3 rings (SSSR count). The normalized spacial score (nSPS) is 16.0. The van der Waals surface area contributed by atoms with Crippen molar-refractivity contribution >= 4 is 35.1 Å². The second-order valence-electron chi connectivity index (χ2n) is 4.94. The van der Waals surface area contributed by atoms with Gasteiger partial charge in [-0.25, -0.2) is 18.4 Å². The standard InChI is InChI=1S/C14H10F2N2O4S/c1-17-4-6-5-23-12(9(13(19)20)14(21)22)18(6)8-3-2-7(15)10(16)11(8)17/h2-3,5H,4H2,1H3,(H,19,20)(H,21,22). The Morgan fingerprint density at radius 1 is 1.22 bits per heavy atom. The maximum atomic E-state index is 14.1. The zero-order valence-electron chi connectivity index (χ0n) is 11.7. The Morgan fingerprint density at radius 2 is 1.87 bits per heavy atom.